The standard InChI is InChI=1S/C16H17N5OS2/c1-2-10-3-5-11(6-4-10)14-18-13(22-21-14)9-23-16-20-19-15(24-16)17-12-7-8-12/h3-6,12H,2,7-9H2,1H3,(H,17,19). The van der Waals surface area contributed by atoms with E-state index in [2.05, 4.69) is 44.7 Å². The normalized spacial score (nSPS) is 14.0. The molecular formula is C16H17N5OS2. The van der Waals surface area contributed by atoms with E-state index < -0.39 is 0 Å². The summed E-state index contributed by atoms with van der Waals surface area (Å²) in [6.07, 6.45) is 3.48. The van der Waals surface area contributed by atoms with E-state index in [1.165, 1.54) is 18.4 Å². The van der Waals surface area contributed by atoms with E-state index >= 15 is 0 Å². The third-order valence-corrected chi connectivity index (χ3v) is 5.69. The fourth-order valence-electron chi connectivity index (χ4n) is 2.17. The Morgan fingerprint density at radius 1 is 1.25 bits per heavy atom. The van der Waals surface area contributed by atoms with E-state index in [4.69, 9.17) is 4.52 Å². The molecule has 6 nitrogen and oxygen atoms in total. The molecule has 0 aliphatic heterocycles. The van der Waals surface area contributed by atoms with Gasteiger partial charge in [0.1, 0.15) is 0 Å². The molecule has 1 aromatic carbocycles. The molecule has 0 amide bonds. The summed E-state index contributed by atoms with van der Waals surface area (Å²) < 4.78 is 6.25. The van der Waals surface area contributed by atoms with Gasteiger partial charge in [0.15, 0.2) is 4.34 Å². The fraction of sp³-hybridized carbons (Fsp3) is 0.375. The van der Waals surface area contributed by atoms with Crippen LogP contribution in [0.3, 0.4) is 0 Å². The van der Waals surface area contributed by atoms with Crippen LogP contribution in [0.25, 0.3) is 11.4 Å². The van der Waals surface area contributed by atoms with Crippen LogP contribution in [0.2, 0.25) is 0 Å². The van der Waals surface area contributed by atoms with Crippen LogP contribution in [0.5, 0.6) is 0 Å². The summed E-state index contributed by atoms with van der Waals surface area (Å²) in [5, 5.41) is 16.6. The minimum atomic E-state index is 0.591. The molecule has 8 heteroatoms. The van der Waals surface area contributed by atoms with Crippen LogP contribution in [0, 0.1) is 0 Å². The van der Waals surface area contributed by atoms with Crippen molar-refractivity contribution in [3.05, 3.63) is 35.7 Å². The molecule has 1 fully saturated rings. The minimum absolute atomic E-state index is 0.591. The predicted octanol–water partition coefficient (Wildman–Crippen LogP) is 4.02. The van der Waals surface area contributed by atoms with Gasteiger partial charge in [0.25, 0.3) is 0 Å². The number of aryl methyl sites for hydroxylation is 1. The van der Waals surface area contributed by atoms with E-state index in [1.54, 1.807) is 23.1 Å². The lowest BCUT2D eigenvalue weighted by Crippen LogP contribution is -1.99. The summed E-state index contributed by atoms with van der Waals surface area (Å²) in [7, 11) is 0. The number of nitrogens with one attached hydrogen (secondary N) is 1. The minimum Gasteiger partial charge on any atom is -0.357 e. The SMILES string of the molecule is CCc1ccc(-c2noc(CSc3nnc(NC4CC4)s3)n2)cc1. The second kappa shape index (κ2) is 6.90. The number of hydrogen-bond acceptors (Lipinski definition) is 8. The molecule has 4 rings (SSSR count). The smallest absolute Gasteiger partial charge is 0.237 e. The summed E-state index contributed by atoms with van der Waals surface area (Å²) in [4.78, 5) is 4.46. The molecule has 0 radical (unpaired) electrons. The molecule has 1 N–H and O–H groups in total. The number of aromatic nitrogens is 4. The Bertz CT molecular complexity index is 810. The van der Waals surface area contributed by atoms with Gasteiger partial charge < -0.3 is 9.84 Å². The monoisotopic (exact) mass is 359 g/mol. The predicted molar refractivity (Wildman–Crippen MR) is 95.2 cm³/mol. The van der Waals surface area contributed by atoms with Crippen molar-refractivity contribution in [2.24, 2.45) is 0 Å². The fourth-order valence-corrected chi connectivity index (χ4v) is 3.84. The molecule has 24 heavy (non-hydrogen) atoms. The zero-order valence-electron chi connectivity index (χ0n) is 13.2. The van der Waals surface area contributed by atoms with Gasteiger partial charge in [-0.2, -0.15) is 4.98 Å². The second-order valence-electron chi connectivity index (χ2n) is 5.64. The van der Waals surface area contributed by atoms with Crippen molar-refractivity contribution in [2.45, 2.75) is 42.3 Å². The van der Waals surface area contributed by atoms with Crippen molar-refractivity contribution in [1.82, 2.24) is 20.3 Å². The summed E-state index contributed by atoms with van der Waals surface area (Å²) >= 11 is 3.13. The number of thioether (sulfide) groups is 1. The Kier molecular flexibility index (Phi) is 4.48. The molecular weight excluding hydrogens is 342 g/mol. The highest BCUT2D eigenvalue weighted by Crippen LogP contribution is 2.31. The maximum atomic E-state index is 5.34. The molecule has 2 heterocycles. The van der Waals surface area contributed by atoms with Crippen molar-refractivity contribution >= 4 is 28.2 Å². The number of rotatable bonds is 7. The zero-order valence-corrected chi connectivity index (χ0v) is 14.9. The topological polar surface area (TPSA) is 76.7 Å². The van der Waals surface area contributed by atoms with Crippen molar-refractivity contribution in [2.75, 3.05) is 5.32 Å². The van der Waals surface area contributed by atoms with Crippen LogP contribution in [-0.4, -0.2) is 26.4 Å². The number of hydrogen-bond donors (Lipinski definition) is 1. The lowest BCUT2D eigenvalue weighted by molar-refractivity contribution is 0.391. The van der Waals surface area contributed by atoms with E-state index in [0.717, 1.165) is 21.5 Å². The third kappa shape index (κ3) is 3.76. The molecule has 1 saturated carbocycles. The first kappa shape index (κ1) is 15.6. The zero-order chi connectivity index (χ0) is 16.4. The first-order valence-corrected chi connectivity index (χ1v) is 9.75. The summed E-state index contributed by atoms with van der Waals surface area (Å²) in [5.41, 5.74) is 2.27. The Morgan fingerprint density at radius 2 is 2.08 bits per heavy atom. The van der Waals surface area contributed by atoms with Crippen LogP contribution in [0.4, 0.5) is 5.13 Å². The molecule has 3 aromatic rings. The maximum absolute atomic E-state index is 5.34. The number of anilines is 1. The first-order valence-electron chi connectivity index (χ1n) is 7.95. The highest BCUT2D eigenvalue weighted by Gasteiger charge is 2.22. The average Bonchev–Trinajstić information content (AvgIpc) is 3.11. The Labute approximate surface area is 148 Å². The van der Waals surface area contributed by atoms with Crippen molar-refractivity contribution in [1.29, 1.82) is 0 Å². The first-order chi connectivity index (χ1) is 11.8. The summed E-state index contributed by atoms with van der Waals surface area (Å²) in [6, 6.07) is 8.84. The Hall–Kier alpha value is -1.93. The van der Waals surface area contributed by atoms with Gasteiger partial charge >= 0.3 is 0 Å². The molecule has 0 bridgehead atoms. The largest absolute Gasteiger partial charge is 0.357 e. The van der Waals surface area contributed by atoms with Crippen LogP contribution < -0.4 is 5.32 Å². The van der Waals surface area contributed by atoms with Gasteiger partial charge in [-0.15, -0.1) is 10.2 Å². The van der Waals surface area contributed by atoms with Gasteiger partial charge in [0.2, 0.25) is 16.8 Å². The lowest BCUT2D eigenvalue weighted by atomic mass is 10.1. The van der Waals surface area contributed by atoms with E-state index in [9.17, 15) is 0 Å². The van der Waals surface area contributed by atoms with Gasteiger partial charge in [-0.3, -0.25) is 0 Å². The van der Waals surface area contributed by atoms with Crippen LogP contribution in [-0.2, 0) is 12.2 Å². The van der Waals surface area contributed by atoms with Gasteiger partial charge in [-0.05, 0) is 24.8 Å². The second-order valence-corrected chi connectivity index (χ2v) is 7.84. The van der Waals surface area contributed by atoms with Gasteiger partial charge in [0.05, 0.1) is 5.75 Å². The molecule has 2 aromatic heterocycles. The average molecular weight is 359 g/mol. The molecule has 0 saturated heterocycles. The maximum Gasteiger partial charge on any atom is 0.237 e. The van der Waals surface area contributed by atoms with Gasteiger partial charge in [-0.1, -0.05) is 59.4 Å². The van der Waals surface area contributed by atoms with E-state index in [-0.39, 0.29) is 0 Å². The van der Waals surface area contributed by atoms with Crippen LogP contribution in [0.1, 0.15) is 31.2 Å². The third-order valence-electron chi connectivity index (χ3n) is 3.72. The number of benzene rings is 1. The molecule has 1 aliphatic rings. The molecule has 0 atom stereocenters. The number of nitrogens with zero attached hydrogens (tertiary/aromatic N) is 4. The molecule has 1 aliphatic carbocycles. The molecule has 0 spiro atoms. The van der Waals surface area contributed by atoms with Gasteiger partial charge in [0, 0.05) is 11.6 Å². The molecule has 0 unspecified atom stereocenters. The van der Waals surface area contributed by atoms with Crippen LogP contribution in [0.15, 0.2) is 33.1 Å². The highest BCUT2D eigenvalue weighted by molar-refractivity contribution is 8.00. The van der Waals surface area contributed by atoms with Crippen molar-refractivity contribution in [3.63, 3.8) is 0 Å². The van der Waals surface area contributed by atoms with Gasteiger partial charge in [-0.25, -0.2) is 0 Å². The van der Waals surface area contributed by atoms with E-state index in [0.29, 0.717) is 23.5 Å². The lowest BCUT2D eigenvalue weighted by Gasteiger charge is -1.97. The van der Waals surface area contributed by atoms with Crippen LogP contribution >= 0.6 is 23.1 Å². The Morgan fingerprint density at radius 3 is 2.83 bits per heavy atom. The van der Waals surface area contributed by atoms with Crippen molar-refractivity contribution in [3.8, 4) is 11.4 Å². The van der Waals surface area contributed by atoms with E-state index in [1.807, 2.05) is 12.1 Å². The summed E-state index contributed by atoms with van der Waals surface area (Å²) in [5.74, 6) is 1.82. The molecule has 124 valence electrons. The summed E-state index contributed by atoms with van der Waals surface area (Å²) in [6.45, 7) is 2.14. The highest BCUT2D eigenvalue weighted by atomic mass is 32.2. The Balaban J connectivity index is 1.36. The van der Waals surface area contributed by atoms with Crippen molar-refractivity contribution < 1.29 is 4.52 Å². The quantitative estimate of drug-likeness (QED) is 0.638.